The van der Waals surface area contributed by atoms with Crippen LogP contribution in [0.5, 0.6) is 0 Å². The first-order chi connectivity index (χ1) is 9.06. The maximum atomic E-state index is 11.8. The van der Waals surface area contributed by atoms with E-state index in [-0.39, 0.29) is 25.5 Å². The van der Waals surface area contributed by atoms with E-state index in [0.717, 1.165) is 0 Å². The van der Waals surface area contributed by atoms with Crippen LogP contribution in [0.4, 0.5) is 4.79 Å². The van der Waals surface area contributed by atoms with Crippen molar-refractivity contribution in [1.29, 1.82) is 0 Å². The molecule has 1 heterocycles. The van der Waals surface area contributed by atoms with Gasteiger partial charge in [0, 0.05) is 19.5 Å². The number of alkyl carbamates (subject to hydrolysis) is 1. The standard InChI is InChI=1S/C12H18N2O5/c1-2-8-19-12(18)13-6-5-10(15)14-7-3-4-9(14)11(16)17/h2,9H,1,3-8H2,(H,13,18)(H,16,17). The van der Waals surface area contributed by atoms with Gasteiger partial charge in [-0.2, -0.15) is 0 Å². The van der Waals surface area contributed by atoms with Gasteiger partial charge in [0.1, 0.15) is 12.6 Å². The number of carbonyl (C=O) groups excluding carboxylic acids is 2. The number of likely N-dealkylation sites (tertiary alicyclic amines) is 1. The highest BCUT2D eigenvalue weighted by atomic mass is 16.5. The van der Waals surface area contributed by atoms with Crippen LogP contribution in [0.2, 0.25) is 0 Å². The van der Waals surface area contributed by atoms with Crippen LogP contribution in [0, 0.1) is 0 Å². The van der Waals surface area contributed by atoms with Gasteiger partial charge in [0.2, 0.25) is 5.91 Å². The molecular formula is C12H18N2O5. The summed E-state index contributed by atoms with van der Waals surface area (Å²) in [5.74, 6) is -1.25. The highest BCUT2D eigenvalue weighted by molar-refractivity contribution is 5.84. The molecule has 1 unspecified atom stereocenters. The second kappa shape index (κ2) is 7.40. The third-order valence-corrected chi connectivity index (χ3v) is 2.80. The maximum absolute atomic E-state index is 11.8. The van der Waals surface area contributed by atoms with E-state index in [4.69, 9.17) is 5.11 Å². The Hall–Kier alpha value is -2.05. The first-order valence-electron chi connectivity index (χ1n) is 6.10. The third kappa shape index (κ3) is 4.61. The third-order valence-electron chi connectivity index (χ3n) is 2.80. The molecule has 2 N–H and O–H groups in total. The highest BCUT2D eigenvalue weighted by Crippen LogP contribution is 2.18. The Bertz CT molecular complexity index is 369. The van der Waals surface area contributed by atoms with Crippen LogP contribution in [0.1, 0.15) is 19.3 Å². The topological polar surface area (TPSA) is 95.9 Å². The van der Waals surface area contributed by atoms with Crippen LogP contribution in [0.15, 0.2) is 12.7 Å². The van der Waals surface area contributed by atoms with Crippen LogP contribution >= 0.6 is 0 Å². The van der Waals surface area contributed by atoms with Crippen molar-refractivity contribution in [2.75, 3.05) is 19.7 Å². The number of carboxylic acid groups (broad SMARTS) is 1. The lowest BCUT2D eigenvalue weighted by atomic mass is 10.2. The van der Waals surface area contributed by atoms with Crippen LogP contribution in [0.3, 0.4) is 0 Å². The van der Waals surface area contributed by atoms with Crippen molar-refractivity contribution in [3.63, 3.8) is 0 Å². The minimum Gasteiger partial charge on any atom is -0.480 e. The summed E-state index contributed by atoms with van der Waals surface area (Å²) in [7, 11) is 0. The van der Waals surface area contributed by atoms with Gasteiger partial charge in [0.25, 0.3) is 0 Å². The average Bonchev–Trinajstić information content (AvgIpc) is 2.85. The SMILES string of the molecule is C=CCOC(=O)NCCC(=O)N1CCCC1C(=O)O. The molecule has 0 aromatic carbocycles. The van der Waals surface area contributed by atoms with Crippen molar-refractivity contribution in [3.05, 3.63) is 12.7 Å². The van der Waals surface area contributed by atoms with E-state index in [1.54, 1.807) is 0 Å². The first kappa shape index (κ1) is 15.0. The molecule has 1 aliphatic rings. The van der Waals surface area contributed by atoms with Crippen LogP contribution in [-0.2, 0) is 14.3 Å². The van der Waals surface area contributed by atoms with E-state index in [9.17, 15) is 14.4 Å². The quantitative estimate of drug-likeness (QED) is 0.679. The van der Waals surface area contributed by atoms with Gasteiger partial charge in [0.15, 0.2) is 0 Å². The summed E-state index contributed by atoms with van der Waals surface area (Å²) in [6.45, 7) is 4.08. The van der Waals surface area contributed by atoms with E-state index < -0.39 is 18.1 Å². The minimum atomic E-state index is -0.982. The molecule has 1 rings (SSSR count). The zero-order chi connectivity index (χ0) is 14.3. The molecule has 1 saturated heterocycles. The van der Waals surface area contributed by atoms with Crippen LogP contribution < -0.4 is 5.32 Å². The molecule has 0 aliphatic carbocycles. The number of nitrogens with one attached hydrogen (secondary N) is 1. The summed E-state index contributed by atoms with van der Waals surface area (Å²) in [4.78, 5) is 35.2. The molecule has 0 bridgehead atoms. The molecule has 2 amide bonds. The smallest absolute Gasteiger partial charge is 0.407 e. The summed E-state index contributed by atoms with van der Waals surface area (Å²) in [6, 6.07) is -0.736. The van der Waals surface area contributed by atoms with E-state index >= 15 is 0 Å². The van der Waals surface area contributed by atoms with Crippen molar-refractivity contribution < 1.29 is 24.2 Å². The zero-order valence-electron chi connectivity index (χ0n) is 10.6. The maximum Gasteiger partial charge on any atom is 0.407 e. The van der Waals surface area contributed by atoms with E-state index in [1.165, 1.54) is 11.0 Å². The molecule has 7 nitrogen and oxygen atoms in total. The van der Waals surface area contributed by atoms with Gasteiger partial charge in [-0.05, 0) is 12.8 Å². The van der Waals surface area contributed by atoms with Gasteiger partial charge in [0.05, 0.1) is 0 Å². The Morgan fingerprint density at radius 2 is 2.21 bits per heavy atom. The lowest BCUT2D eigenvalue weighted by Gasteiger charge is -2.21. The predicted octanol–water partition coefficient (Wildman–Crippen LogP) is 0.364. The highest BCUT2D eigenvalue weighted by Gasteiger charge is 2.33. The molecule has 19 heavy (non-hydrogen) atoms. The van der Waals surface area contributed by atoms with E-state index in [1.807, 2.05) is 0 Å². The molecule has 106 valence electrons. The van der Waals surface area contributed by atoms with Crippen molar-refractivity contribution in [2.24, 2.45) is 0 Å². The Morgan fingerprint density at radius 3 is 2.84 bits per heavy atom. The Labute approximate surface area is 111 Å². The normalized spacial score (nSPS) is 17.9. The van der Waals surface area contributed by atoms with Crippen molar-refractivity contribution in [2.45, 2.75) is 25.3 Å². The molecule has 0 aromatic heterocycles. The average molecular weight is 270 g/mol. The van der Waals surface area contributed by atoms with Crippen molar-refractivity contribution >= 4 is 18.0 Å². The lowest BCUT2D eigenvalue weighted by molar-refractivity contribution is -0.148. The Kier molecular flexibility index (Phi) is 5.84. The number of ether oxygens (including phenoxy) is 1. The largest absolute Gasteiger partial charge is 0.480 e. The van der Waals surface area contributed by atoms with E-state index in [2.05, 4.69) is 16.6 Å². The first-order valence-corrected chi connectivity index (χ1v) is 6.10. The van der Waals surface area contributed by atoms with Gasteiger partial charge >= 0.3 is 12.1 Å². The fourth-order valence-electron chi connectivity index (χ4n) is 1.92. The minimum absolute atomic E-state index is 0.0625. The lowest BCUT2D eigenvalue weighted by Crippen LogP contribution is -2.41. The van der Waals surface area contributed by atoms with Gasteiger partial charge in [-0.15, -0.1) is 0 Å². The number of nitrogens with zero attached hydrogens (tertiary/aromatic N) is 1. The van der Waals surface area contributed by atoms with Crippen molar-refractivity contribution in [1.82, 2.24) is 10.2 Å². The van der Waals surface area contributed by atoms with Gasteiger partial charge < -0.3 is 20.1 Å². The molecular weight excluding hydrogens is 252 g/mol. The summed E-state index contributed by atoms with van der Waals surface area (Å²) in [5.41, 5.74) is 0. The second-order valence-electron chi connectivity index (χ2n) is 4.15. The number of rotatable bonds is 6. The molecule has 0 spiro atoms. The number of hydrogen-bond donors (Lipinski definition) is 2. The van der Waals surface area contributed by atoms with Crippen molar-refractivity contribution in [3.8, 4) is 0 Å². The number of aliphatic carboxylic acids is 1. The fraction of sp³-hybridized carbons (Fsp3) is 0.583. The molecule has 1 aliphatic heterocycles. The van der Waals surface area contributed by atoms with Gasteiger partial charge in [-0.25, -0.2) is 9.59 Å². The Balaban J connectivity index is 2.29. The monoisotopic (exact) mass is 270 g/mol. The second-order valence-corrected chi connectivity index (χ2v) is 4.15. The zero-order valence-corrected chi connectivity index (χ0v) is 10.6. The molecule has 1 atom stereocenters. The number of amides is 2. The summed E-state index contributed by atoms with van der Waals surface area (Å²) in [6.07, 6.45) is 2.05. The number of carbonyl (C=O) groups is 3. The molecule has 1 fully saturated rings. The summed E-state index contributed by atoms with van der Waals surface area (Å²) >= 11 is 0. The number of carboxylic acids is 1. The number of hydrogen-bond acceptors (Lipinski definition) is 4. The summed E-state index contributed by atoms with van der Waals surface area (Å²) in [5, 5.41) is 11.4. The predicted molar refractivity (Wildman–Crippen MR) is 66.5 cm³/mol. The molecule has 0 radical (unpaired) electrons. The summed E-state index contributed by atoms with van der Waals surface area (Å²) < 4.78 is 4.67. The fourth-order valence-corrected chi connectivity index (χ4v) is 1.92. The van der Waals surface area contributed by atoms with Crippen LogP contribution in [-0.4, -0.2) is 53.7 Å². The van der Waals surface area contributed by atoms with Crippen LogP contribution in [0.25, 0.3) is 0 Å². The molecule has 0 aromatic rings. The Morgan fingerprint density at radius 1 is 1.47 bits per heavy atom. The van der Waals surface area contributed by atoms with Gasteiger partial charge in [-0.1, -0.05) is 12.7 Å². The molecule has 7 heteroatoms. The molecule has 0 saturated carbocycles. The van der Waals surface area contributed by atoms with E-state index in [0.29, 0.717) is 19.4 Å². The van der Waals surface area contributed by atoms with Gasteiger partial charge in [-0.3, -0.25) is 4.79 Å².